The molecule has 0 bridgehead atoms. The minimum Gasteiger partial charge on any atom is -0.469 e. The van der Waals surface area contributed by atoms with Crippen molar-refractivity contribution < 1.29 is 14.0 Å². The highest BCUT2D eigenvalue weighted by molar-refractivity contribution is 6.05. The van der Waals surface area contributed by atoms with Crippen LogP contribution in [-0.2, 0) is 6.42 Å². The molecule has 0 saturated carbocycles. The van der Waals surface area contributed by atoms with Crippen molar-refractivity contribution in [1.82, 2.24) is 15.3 Å². The van der Waals surface area contributed by atoms with Gasteiger partial charge in [0.2, 0.25) is 0 Å². The molecule has 0 saturated heterocycles. The van der Waals surface area contributed by atoms with Crippen molar-refractivity contribution in [2.45, 2.75) is 13.3 Å². The minimum atomic E-state index is -0.247. The van der Waals surface area contributed by atoms with E-state index in [9.17, 15) is 9.59 Å². The largest absolute Gasteiger partial charge is 0.469 e. The number of hydrogen-bond acceptors (Lipinski definition) is 4. The van der Waals surface area contributed by atoms with E-state index in [1.54, 1.807) is 49.8 Å². The second kappa shape index (κ2) is 7.48. The number of aryl methyl sites for hydroxylation is 1. The molecule has 0 atom stereocenters. The van der Waals surface area contributed by atoms with Crippen molar-refractivity contribution in [3.05, 3.63) is 71.7 Å². The maximum atomic E-state index is 12.1. The van der Waals surface area contributed by atoms with Crippen LogP contribution >= 0.6 is 0 Å². The van der Waals surface area contributed by atoms with Gasteiger partial charge in [-0.1, -0.05) is 0 Å². The number of imidazole rings is 1. The van der Waals surface area contributed by atoms with E-state index in [1.165, 1.54) is 6.26 Å². The average molecular weight is 338 g/mol. The molecule has 128 valence electrons. The molecule has 2 amide bonds. The molecular weight excluding hydrogens is 320 g/mol. The molecule has 3 rings (SSSR count). The van der Waals surface area contributed by atoms with E-state index >= 15 is 0 Å². The SMILES string of the molecule is Cc1occc1C(=O)Nc1ccc(C(=O)NCCc2cnc[nH]2)cc1. The molecule has 0 radical (unpaired) electrons. The smallest absolute Gasteiger partial charge is 0.259 e. The van der Waals surface area contributed by atoms with Crippen molar-refractivity contribution in [2.24, 2.45) is 0 Å². The first-order valence-electron chi connectivity index (χ1n) is 7.84. The van der Waals surface area contributed by atoms with Gasteiger partial charge >= 0.3 is 0 Å². The third kappa shape index (κ3) is 4.14. The zero-order chi connectivity index (χ0) is 17.6. The summed E-state index contributed by atoms with van der Waals surface area (Å²) in [4.78, 5) is 31.1. The van der Waals surface area contributed by atoms with E-state index in [0.29, 0.717) is 35.5 Å². The Morgan fingerprint density at radius 1 is 1.16 bits per heavy atom. The Hall–Kier alpha value is -3.35. The van der Waals surface area contributed by atoms with E-state index in [2.05, 4.69) is 20.6 Å². The van der Waals surface area contributed by atoms with Gasteiger partial charge in [0, 0.05) is 36.1 Å². The number of hydrogen-bond donors (Lipinski definition) is 3. The summed E-state index contributed by atoms with van der Waals surface area (Å²) in [6, 6.07) is 8.34. The van der Waals surface area contributed by atoms with Crippen LogP contribution < -0.4 is 10.6 Å². The van der Waals surface area contributed by atoms with Gasteiger partial charge < -0.3 is 20.0 Å². The van der Waals surface area contributed by atoms with Crippen LogP contribution in [0, 0.1) is 6.92 Å². The molecule has 0 unspecified atom stereocenters. The van der Waals surface area contributed by atoms with Crippen LogP contribution in [0.25, 0.3) is 0 Å². The van der Waals surface area contributed by atoms with E-state index in [4.69, 9.17) is 4.42 Å². The van der Waals surface area contributed by atoms with Crippen LogP contribution in [0.2, 0.25) is 0 Å². The monoisotopic (exact) mass is 338 g/mol. The van der Waals surface area contributed by atoms with E-state index in [1.807, 2.05) is 0 Å². The van der Waals surface area contributed by atoms with Crippen LogP contribution in [0.15, 0.2) is 53.5 Å². The molecule has 0 spiro atoms. The first kappa shape index (κ1) is 16.5. The van der Waals surface area contributed by atoms with Crippen LogP contribution in [-0.4, -0.2) is 28.3 Å². The van der Waals surface area contributed by atoms with Crippen LogP contribution in [0.1, 0.15) is 32.2 Å². The molecule has 3 N–H and O–H groups in total. The molecule has 1 aromatic carbocycles. The lowest BCUT2D eigenvalue weighted by Gasteiger charge is -2.07. The summed E-state index contributed by atoms with van der Waals surface area (Å²) in [5, 5.41) is 5.61. The Kier molecular flexibility index (Phi) is 4.94. The zero-order valence-electron chi connectivity index (χ0n) is 13.7. The first-order chi connectivity index (χ1) is 12.1. The van der Waals surface area contributed by atoms with Gasteiger partial charge in [-0.15, -0.1) is 0 Å². The van der Waals surface area contributed by atoms with Crippen molar-refractivity contribution in [1.29, 1.82) is 0 Å². The Morgan fingerprint density at radius 3 is 2.60 bits per heavy atom. The molecule has 0 aliphatic carbocycles. The van der Waals surface area contributed by atoms with Crippen LogP contribution in [0.3, 0.4) is 0 Å². The van der Waals surface area contributed by atoms with Crippen molar-refractivity contribution >= 4 is 17.5 Å². The van der Waals surface area contributed by atoms with Crippen LogP contribution in [0.5, 0.6) is 0 Å². The third-order valence-corrected chi connectivity index (χ3v) is 3.74. The Morgan fingerprint density at radius 2 is 1.96 bits per heavy atom. The molecule has 25 heavy (non-hydrogen) atoms. The van der Waals surface area contributed by atoms with Crippen molar-refractivity contribution in [2.75, 3.05) is 11.9 Å². The minimum absolute atomic E-state index is 0.164. The van der Waals surface area contributed by atoms with Gasteiger partial charge in [-0.3, -0.25) is 9.59 Å². The summed E-state index contributed by atoms with van der Waals surface area (Å²) in [7, 11) is 0. The molecule has 2 heterocycles. The number of rotatable bonds is 6. The molecule has 0 fully saturated rings. The molecule has 2 aromatic heterocycles. The fourth-order valence-electron chi connectivity index (χ4n) is 2.36. The Bertz CT molecular complexity index is 851. The first-order valence-corrected chi connectivity index (χ1v) is 7.84. The highest BCUT2D eigenvalue weighted by atomic mass is 16.3. The van der Waals surface area contributed by atoms with Gasteiger partial charge in [0.05, 0.1) is 18.2 Å². The number of aromatic amines is 1. The number of anilines is 1. The summed E-state index contributed by atoms with van der Waals surface area (Å²) in [6.45, 7) is 2.24. The van der Waals surface area contributed by atoms with E-state index in [0.717, 1.165) is 5.69 Å². The quantitative estimate of drug-likeness (QED) is 0.643. The summed E-state index contributed by atoms with van der Waals surface area (Å²) in [5.74, 6) is 0.150. The maximum absolute atomic E-state index is 12.1. The number of amides is 2. The lowest BCUT2D eigenvalue weighted by molar-refractivity contribution is 0.0953. The number of nitrogens with zero attached hydrogens (tertiary/aromatic N) is 1. The number of carbonyl (C=O) groups is 2. The molecule has 0 aliphatic rings. The summed E-state index contributed by atoms with van der Waals surface area (Å²) in [5.41, 5.74) is 2.59. The lowest BCUT2D eigenvalue weighted by Crippen LogP contribution is -2.25. The molecule has 0 aliphatic heterocycles. The summed E-state index contributed by atoms with van der Waals surface area (Å²) >= 11 is 0. The fraction of sp³-hybridized carbons (Fsp3) is 0.167. The Labute approximate surface area is 144 Å². The normalized spacial score (nSPS) is 10.4. The zero-order valence-corrected chi connectivity index (χ0v) is 13.7. The van der Waals surface area contributed by atoms with Gasteiger partial charge in [0.15, 0.2) is 0 Å². The maximum Gasteiger partial charge on any atom is 0.259 e. The summed E-state index contributed by atoms with van der Waals surface area (Å²) in [6.07, 6.45) is 5.49. The van der Waals surface area contributed by atoms with Crippen molar-refractivity contribution in [3.8, 4) is 0 Å². The van der Waals surface area contributed by atoms with E-state index in [-0.39, 0.29) is 11.8 Å². The highest BCUT2D eigenvalue weighted by Gasteiger charge is 2.12. The molecule has 3 aromatic rings. The van der Waals surface area contributed by atoms with E-state index < -0.39 is 0 Å². The second-order valence-electron chi connectivity index (χ2n) is 5.50. The number of nitrogens with one attached hydrogen (secondary N) is 3. The highest BCUT2D eigenvalue weighted by Crippen LogP contribution is 2.14. The van der Waals surface area contributed by atoms with Gasteiger partial charge in [-0.05, 0) is 37.3 Å². The predicted octanol–water partition coefficient (Wildman–Crippen LogP) is 2.54. The van der Waals surface area contributed by atoms with Gasteiger partial charge in [-0.25, -0.2) is 4.98 Å². The molecule has 7 nitrogen and oxygen atoms in total. The lowest BCUT2D eigenvalue weighted by atomic mass is 10.1. The number of furan rings is 1. The van der Waals surface area contributed by atoms with Crippen LogP contribution in [0.4, 0.5) is 5.69 Å². The number of H-pyrrole nitrogens is 1. The van der Waals surface area contributed by atoms with Gasteiger partial charge in [0.25, 0.3) is 11.8 Å². The molecule has 7 heteroatoms. The fourth-order valence-corrected chi connectivity index (χ4v) is 2.36. The number of benzene rings is 1. The molecular formula is C18H18N4O3. The number of aromatic nitrogens is 2. The van der Waals surface area contributed by atoms with Crippen molar-refractivity contribution in [3.63, 3.8) is 0 Å². The third-order valence-electron chi connectivity index (χ3n) is 3.74. The second-order valence-corrected chi connectivity index (χ2v) is 5.50. The standard InChI is InChI=1S/C18H18N4O3/c1-12-16(7-9-25-12)18(24)22-14-4-2-13(3-5-14)17(23)20-8-6-15-10-19-11-21-15/h2-5,7,9-11H,6,8H2,1H3,(H,19,21)(H,20,23)(H,22,24). The van der Waals surface area contributed by atoms with Gasteiger partial charge in [0.1, 0.15) is 5.76 Å². The van der Waals surface area contributed by atoms with Gasteiger partial charge in [-0.2, -0.15) is 0 Å². The topological polar surface area (TPSA) is 100 Å². The Balaban J connectivity index is 1.53. The number of carbonyl (C=O) groups excluding carboxylic acids is 2. The average Bonchev–Trinajstić information content (AvgIpc) is 3.27. The predicted molar refractivity (Wildman–Crippen MR) is 92.5 cm³/mol. The summed E-state index contributed by atoms with van der Waals surface area (Å²) < 4.78 is 5.12.